The zero-order chi connectivity index (χ0) is 12.3. The summed E-state index contributed by atoms with van der Waals surface area (Å²) in [6.45, 7) is 2.42. The average molecular weight is 232 g/mol. The van der Waals surface area contributed by atoms with E-state index < -0.39 is 0 Å². The van der Waals surface area contributed by atoms with E-state index in [1.807, 2.05) is 31.2 Å². The van der Waals surface area contributed by atoms with Crippen LogP contribution in [0, 0.1) is 0 Å². The molecule has 1 amide bonds. The van der Waals surface area contributed by atoms with Gasteiger partial charge in [-0.2, -0.15) is 0 Å². The van der Waals surface area contributed by atoms with Crippen molar-refractivity contribution in [3.8, 4) is 0 Å². The third-order valence-electron chi connectivity index (χ3n) is 2.76. The molecule has 3 N–H and O–H groups in total. The molecule has 17 heavy (non-hydrogen) atoms. The number of hydrogen-bond acceptors (Lipinski definition) is 3. The van der Waals surface area contributed by atoms with Crippen molar-refractivity contribution in [2.24, 2.45) is 5.73 Å². The van der Waals surface area contributed by atoms with E-state index in [1.54, 1.807) is 6.07 Å². The molecule has 1 aromatic heterocycles. The van der Waals surface area contributed by atoms with Gasteiger partial charge in [0.1, 0.15) is 5.58 Å². The van der Waals surface area contributed by atoms with E-state index in [1.165, 1.54) is 0 Å². The summed E-state index contributed by atoms with van der Waals surface area (Å²) in [7, 11) is 0. The molecule has 0 bridgehead atoms. The van der Waals surface area contributed by atoms with E-state index in [4.69, 9.17) is 10.2 Å². The molecule has 0 saturated carbocycles. The van der Waals surface area contributed by atoms with Crippen molar-refractivity contribution >= 4 is 16.9 Å². The van der Waals surface area contributed by atoms with Gasteiger partial charge in [-0.1, -0.05) is 25.1 Å². The summed E-state index contributed by atoms with van der Waals surface area (Å²) in [6, 6.07) is 9.28. The van der Waals surface area contributed by atoms with Gasteiger partial charge >= 0.3 is 0 Å². The van der Waals surface area contributed by atoms with Crippen LogP contribution in [-0.4, -0.2) is 18.5 Å². The Bertz CT molecular complexity index is 482. The van der Waals surface area contributed by atoms with Gasteiger partial charge in [-0.15, -0.1) is 0 Å². The molecule has 0 spiro atoms. The van der Waals surface area contributed by atoms with Gasteiger partial charge in [-0.25, -0.2) is 0 Å². The SMILES string of the molecule is CCC(CN)NC(=O)c1cc2ccccc2o1. The number of carbonyl (C=O) groups excluding carboxylic acids is 1. The maximum Gasteiger partial charge on any atom is 0.287 e. The van der Waals surface area contributed by atoms with E-state index in [-0.39, 0.29) is 11.9 Å². The van der Waals surface area contributed by atoms with E-state index >= 15 is 0 Å². The van der Waals surface area contributed by atoms with E-state index in [2.05, 4.69) is 5.32 Å². The lowest BCUT2D eigenvalue weighted by atomic mass is 10.2. The summed E-state index contributed by atoms with van der Waals surface area (Å²) in [6.07, 6.45) is 0.808. The molecular weight excluding hydrogens is 216 g/mol. The predicted molar refractivity (Wildman–Crippen MR) is 66.8 cm³/mol. The lowest BCUT2D eigenvalue weighted by Gasteiger charge is -2.12. The molecule has 1 atom stereocenters. The van der Waals surface area contributed by atoms with E-state index in [0.717, 1.165) is 17.4 Å². The van der Waals surface area contributed by atoms with Crippen LogP contribution in [-0.2, 0) is 0 Å². The Labute approximate surface area is 99.8 Å². The quantitative estimate of drug-likeness (QED) is 0.846. The maximum absolute atomic E-state index is 11.9. The topological polar surface area (TPSA) is 68.3 Å². The zero-order valence-corrected chi connectivity index (χ0v) is 9.77. The highest BCUT2D eigenvalue weighted by atomic mass is 16.3. The molecule has 1 unspecified atom stereocenters. The largest absolute Gasteiger partial charge is 0.451 e. The number of furan rings is 1. The summed E-state index contributed by atoms with van der Waals surface area (Å²) in [5.74, 6) is 0.122. The number of hydrogen-bond donors (Lipinski definition) is 2. The first-order valence-corrected chi connectivity index (χ1v) is 5.74. The van der Waals surface area contributed by atoms with Gasteiger partial charge in [0.25, 0.3) is 5.91 Å². The van der Waals surface area contributed by atoms with Crippen LogP contribution in [0.5, 0.6) is 0 Å². The highest BCUT2D eigenvalue weighted by Crippen LogP contribution is 2.18. The molecule has 0 aliphatic rings. The summed E-state index contributed by atoms with van der Waals surface area (Å²) in [5.41, 5.74) is 6.26. The number of para-hydroxylation sites is 1. The van der Waals surface area contributed by atoms with Crippen molar-refractivity contribution in [1.29, 1.82) is 0 Å². The number of nitrogens with two attached hydrogens (primary N) is 1. The zero-order valence-electron chi connectivity index (χ0n) is 9.77. The van der Waals surface area contributed by atoms with Gasteiger partial charge in [0.05, 0.1) is 0 Å². The number of amides is 1. The first-order valence-electron chi connectivity index (χ1n) is 5.74. The minimum atomic E-state index is -0.210. The Morgan fingerprint density at radius 3 is 2.88 bits per heavy atom. The van der Waals surface area contributed by atoms with Crippen molar-refractivity contribution in [1.82, 2.24) is 5.32 Å². The summed E-state index contributed by atoms with van der Waals surface area (Å²) in [5, 5.41) is 3.77. The number of fused-ring (bicyclic) bond motifs is 1. The third kappa shape index (κ3) is 2.47. The molecule has 0 aliphatic heterocycles. The van der Waals surface area contributed by atoms with Crippen molar-refractivity contribution in [2.45, 2.75) is 19.4 Å². The minimum Gasteiger partial charge on any atom is -0.451 e. The molecule has 1 aromatic carbocycles. The second kappa shape index (κ2) is 5.01. The second-order valence-corrected chi connectivity index (χ2v) is 3.96. The molecule has 4 heteroatoms. The molecule has 0 saturated heterocycles. The molecule has 1 heterocycles. The first-order chi connectivity index (χ1) is 8.24. The lowest BCUT2D eigenvalue weighted by molar-refractivity contribution is 0.0911. The summed E-state index contributed by atoms with van der Waals surface area (Å²) < 4.78 is 5.47. The monoisotopic (exact) mass is 232 g/mol. The van der Waals surface area contributed by atoms with Crippen molar-refractivity contribution in [3.63, 3.8) is 0 Å². The van der Waals surface area contributed by atoms with E-state index in [9.17, 15) is 4.79 Å². The molecule has 0 radical (unpaired) electrons. The first kappa shape index (κ1) is 11.7. The fraction of sp³-hybridized carbons (Fsp3) is 0.308. The van der Waals surface area contributed by atoms with Crippen LogP contribution in [0.4, 0.5) is 0 Å². The van der Waals surface area contributed by atoms with Crippen LogP contribution in [0.15, 0.2) is 34.7 Å². The number of rotatable bonds is 4. The normalized spacial score (nSPS) is 12.6. The van der Waals surface area contributed by atoms with Gasteiger partial charge in [-0.05, 0) is 18.6 Å². The van der Waals surface area contributed by atoms with Crippen LogP contribution < -0.4 is 11.1 Å². The molecule has 0 fully saturated rings. The highest BCUT2D eigenvalue weighted by molar-refractivity contribution is 5.96. The molecular formula is C13H16N2O2. The van der Waals surface area contributed by atoms with E-state index in [0.29, 0.717) is 12.3 Å². The molecule has 2 rings (SSSR count). The number of carbonyl (C=O) groups is 1. The molecule has 2 aromatic rings. The Morgan fingerprint density at radius 1 is 1.47 bits per heavy atom. The second-order valence-electron chi connectivity index (χ2n) is 3.96. The Hall–Kier alpha value is -1.81. The van der Waals surface area contributed by atoms with Gasteiger partial charge in [0, 0.05) is 18.0 Å². The van der Waals surface area contributed by atoms with Crippen molar-refractivity contribution < 1.29 is 9.21 Å². The van der Waals surface area contributed by atoms with Crippen LogP contribution in [0.25, 0.3) is 11.0 Å². The lowest BCUT2D eigenvalue weighted by Crippen LogP contribution is -2.39. The standard InChI is InChI=1S/C13H16N2O2/c1-2-10(8-14)15-13(16)12-7-9-5-3-4-6-11(9)17-12/h3-7,10H,2,8,14H2,1H3,(H,15,16). The number of nitrogens with one attached hydrogen (secondary N) is 1. The van der Waals surface area contributed by atoms with Gasteiger partial charge < -0.3 is 15.5 Å². The van der Waals surface area contributed by atoms with Crippen molar-refractivity contribution in [2.75, 3.05) is 6.54 Å². The van der Waals surface area contributed by atoms with Gasteiger partial charge in [-0.3, -0.25) is 4.79 Å². The van der Waals surface area contributed by atoms with Crippen LogP contribution in [0.2, 0.25) is 0 Å². The van der Waals surface area contributed by atoms with Crippen LogP contribution in [0.3, 0.4) is 0 Å². The maximum atomic E-state index is 11.9. The Balaban J connectivity index is 2.19. The summed E-state index contributed by atoms with van der Waals surface area (Å²) in [4.78, 5) is 11.9. The highest BCUT2D eigenvalue weighted by Gasteiger charge is 2.14. The molecule has 90 valence electrons. The Kier molecular flexibility index (Phi) is 3.44. The van der Waals surface area contributed by atoms with Gasteiger partial charge in [0.2, 0.25) is 0 Å². The van der Waals surface area contributed by atoms with Gasteiger partial charge in [0.15, 0.2) is 5.76 Å². The fourth-order valence-electron chi connectivity index (χ4n) is 1.68. The number of benzene rings is 1. The molecule has 4 nitrogen and oxygen atoms in total. The van der Waals surface area contributed by atoms with Crippen molar-refractivity contribution in [3.05, 3.63) is 36.1 Å². The fourth-order valence-corrected chi connectivity index (χ4v) is 1.68. The summed E-state index contributed by atoms with van der Waals surface area (Å²) >= 11 is 0. The minimum absolute atomic E-state index is 0.00397. The third-order valence-corrected chi connectivity index (χ3v) is 2.76. The van der Waals surface area contributed by atoms with Crippen LogP contribution >= 0.6 is 0 Å². The predicted octanol–water partition coefficient (Wildman–Crippen LogP) is 1.90. The van der Waals surface area contributed by atoms with Crippen LogP contribution in [0.1, 0.15) is 23.9 Å². The smallest absolute Gasteiger partial charge is 0.287 e. The molecule has 0 aliphatic carbocycles. The Morgan fingerprint density at radius 2 is 2.24 bits per heavy atom. The average Bonchev–Trinajstić information content (AvgIpc) is 2.79.